The van der Waals surface area contributed by atoms with E-state index in [1.54, 1.807) is 19.3 Å². The van der Waals surface area contributed by atoms with Gasteiger partial charge in [0.2, 0.25) is 0 Å². The van der Waals surface area contributed by atoms with Crippen molar-refractivity contribution >= 4 is 17.7 Å². The second-order valence-electron chi connectivity index (χ2n) is 2.69. The molecule has 0 saturated heterocycles. The molecule has 0 fully saturated rings. The van der Waals surface area contributed by atoms with E-state index in [1.807, 2.05) is 24.3 Å². The molecule has 1 aromatic carbocycles. The first-order valence-corrected chi connectivity index (χ1v) is 4.52. The molecule has 0 aliphatic carbocycles. The Bertz CT molecular complexity index is 379. The van der Waals surface area contributed by atoms with Gasteiger partial charge in [-0.25, -0.2) is 0 Å². The summed E-state index contributed by atoms with van der Waals surface area (Å²) in [7, 11) is 1.59. The van der Waals surface area contributed by atoms with Gasteiger partial charge in [0.25, 0.3) is 0 Å². The van der Waals surface area contributed by atoms with Crippen LogP contribution in [0, 0.1) is 11.3 Å². The van der Waals surface area contributed by atoms with Crippen molar-refractivity contribution in [3.8, 4) is 11.8 Å². The maximum absolute atomic E-state index is 8.35. The lowest BCUT2D eigenvalue weighted by Crippen LogP contribution is -1.83. The van der Waals surface area contributed by atoms with Gasteiger partial charge in [-0.1, -0.05) is 23.8 Å². The van der Waals surface area contributed by atoms with Crippen LogP contribution in [0.4, 0.5) is 0 Å². The van der Waals surface area contributed by atoms with Crippen molar-refractivity contribution in [2.75, 3.05) is 7.11 Å². The van der Waals surface area contributed by atoms with Crippen LogP contribution in [0.25, 0.3) is 6.08 Å². The van der Waals surface area contributed by atoms with Crippen molar-refractivity contribution < 1.29 is 4.74 Å². The number of benzene rings is 1. The van der Waals surface area contributed by atoms with Gasteiger partial charge in [0, 0.05) is 5.02 Å². The Balaban J connectivity index is 2.87. The minimum absolute atomic E-state index is 0.398. The number of allylic oxidation sites excluding steroid dienone is 1. The fourth-order valence-electron chi connectivity index (χ4n) is 1.05. The van der Waals surface area contributed by atoms with E-state index in [2.05, 4.69) is 0 Å². The Morgan fingerprint density at radius 2 is 2.29 bits per heavy atom. The number of hydrogen-bond donors (Lipinski definition) is 0. The molecule has 2 nitrogen and oxygen atoms in total. The standard InChI is InChI=1S/C11H10ClNO/c1-14-11-7-9(4-2-3-5-13)6-10(12)8-11/h2,4,6-8H,3H2,1H3. The highest BCUT2D eigenvalue weighted by Gasteiger charge is 1.96. The summed E-state index contributed by atoms with van der Waals surface area (Å²) in [5, 5.41) is 8.97. The van der Waals surface area contributed by atoms with Crippen molar-refractivity contribution in [2.24, 2.45) is 0 Å². The van der Waals surface area contributed by atoms with E-state index in [0.717, 1.165) is 5.56 Å². The first kappa shape index (κ1) is 10.6. The summed E-state index contributed by atoms with van der Waals surface area (Å²) in [5.41, 5.74) is 0.935. The van der Waals surface area contributed by atoms with Crippen molar-refractivity contribution in [1.29, 1.82) is 5.26 Å². The van der Waals surface area contributed by atoms with Gasteiger partial charge < -0.3 is 4.74 Å². The van der Waals surface area contributed by atoms with Crippen molar-refractivity contribution in [1.82, 2.24) is 0 Å². The lowest BCUT2D eigenvalue weighted by atomic mass is 10.2. The molecule has 0 bridgehead atoms. The Hall–Kier alpha value is -1.46. The van der Waals surface area contributed by atoms with E-state index in [0.29, 0.717) is 17.2 Å². The van der Waals surface area contributed by atoms with Gasteiger partial charge in [-0.05, 0) is 23.8 Å². The van der Waals surface area contributed by atoms with Crippen LogP contribution in [0.1, 0.15) is 12.0 Å². The molecule has 0 saturated carbocycles. The van der Waals surface area contributed by atoms with Crippen LogP contribution in [-0.4, -0.2) is 7.11 Å². The van der Waals surface area contributed by atoms with E-state index < -0.39 is 0 Å². The van der Waals surface area contributed by atoms with Gasteiger partial charge in [-0.3, -0.25) is 0 Å². The summed E-state index contributed by atoms with van der Waals surface area (Å²) >= 11 is 5.86. The third-order valence-electron chi connectivity index (χ3n) is 1.65. The molecule has 72 valence electrons. The van der Waals surface area contributed by atoms with Crippen LogP contribution in [0.5, 0.6) is 5.75 Å². The molecule has 0 amide bonds. The molecule has 0 radical (unpaired) electrons. The average Bonchev–Trinajstić information content (AvgIpc) is 2.17. The SMILES string of the molecule is COc1cc(Cl)cc(C=CCC#N)c1. The van der Waals surface area contributed by atoms with Gasteiger partial charge in [0.1, 0.15) is 5.75 Å². The monoisotopic (exact) mass is 207 g/mol. The lowest BCUT2D eigenvalue weighted by molar-refractivity contribution is 0.415. The predicted molar refractivity (Wildman–Crippen MR) is 57.3 cm³/mol. The van der Waals surface area contributed by atoms with E-state index in [9.17, 15) is 0 Å². The maximum atomic E-state index is 8.35. The molecule has 0 spiro atoms. The topological polar surface area (TPSA) is 33.0 Å². The Labute approximate surface area is 88.4 Å². The quantitative estimate of drug-likeness (QED) is 0.762. The summed E-state index contributed by atoms with van der Waals surface area (Å²) < 4.78 is 5.06. The summed E-state index contributed by atoms with van der Waals surface area (Å²) in [4.78, 5) is 0. The van der Waals surface area contributed by atoms with E-state index >= 15 is 0 Å². The second-order valence-corrected chi connectivity index (χ2v) is 3.13. The number of hydrogen-bond acceptors (Lipinski definition) is 2. The van der Waals surface area contributed by atoms with Gasteiger partial charge in [0.05, 0.1) is 19.6 Å². The number of methoxy groups -OCH3 is 1. The summed E-state index contributed by atoms with van der Waals surface area (Å²) in [5.74, 6) is 0.717. The Morgan fingerprint density at radius 1 is 1.50 bits per heavy atom. The number of halogens is 1. The molecule has 1 rings (SSSR count). The Kier molecular flexibility index (Phi) is 4.03. The highest BCUT2D eigenvalue weighted by molar-refractivity contribution is 6.30. The van der Waals surface area contributed by atoms with Gasteiger partial charge in [-0.15, -0.1) is 0 Å². The van der Waals surface area contributed by atoms with Gasteiger partial charge in [0.15, 0.2) is 0 Å². The highest BCUT2D eigenvalue weighted by atomic mass is 35.5. The number of nitriles is 1. The minimum Gasteiger partial charge on any atom is -0.497 e. The molecular formula is C11H10ClNO. The molecule has 0 aliphatic heterocycles. The highest BCUT2D eigenvalue weighted by Crippen LogP contribution is 2.21. The normalized spacial score (nSPS) is 10.1. The zero-order chi connectivity index (χ0) is 10.4. The van der Waals surface area contributed by atoms with Crippen LogP contribution in [0.15, 0.2) is 24.3 Å². The number of nitrogens with zero attached hydrogens (tertiary/aromatic N) is 1. The van der Waals surface area contributed by atoms with Crippen LogP contribution in [0.3, 0.4) is 0 Å². The van der Waals surface area contributed by atoms with Crippen molar-refractivity contribution in [3.05, 3.63) is 34.9 Å². The van der Waals surface area contributed by atoms with Crippen molar-refractivity contribution in [3.63, 3.8) is 0 Å². The van der Waals surface area contributed by atoms with Crippen LogP contribution in [-0.2, 0) is 0 Å². The maximum Gasteiger partial charge on any atom is 0.120 e. The predicted octanol–water partition coefficient (Wildman–Crippen LogP) is 3.28. The molecule has 0 unspecified atom stereocenters. The van der Waals surface area contributed by atoms with E-state index in [1.165, 1.54) is 0 Å². The summed E-state index contributed by atoms with van der Waals surface area (Å²) in [6.07, 6.45) is 4.03. The van der Waals surface area contributed by atoms with Crippen molar-refractivity contribution in [2.45, 2.75) is 6.42 Å². The molecule has 14 heavy (non-hydrogen) atoms. The zero-order valence-electron chi connectivity index (χ0n) is 7.83. The van der Waals surface area contributed by atoms with Gasteiger partial charge >= 0.3 is 0 Å². The fraction of sp³-hybridized carbons (Fsp3) is 0.182. The molecular weight excluding hydrogens is 198 g/mol. The van der Waals surface area contributed by atoms with Crippen LogP contribution < -0.4 is 4.74 Å². The molecule has 0 N–H and O–H groups in total. The van der Waals surface area contributed by atoms with Crippen LogP contribution in [0.2, 0.25) is 5.02 Å². The smallest absolute Gasteiger partial charge is 0.120 e. The average molecular weight is 208 g/mol. The third kappa shape index (κ3) is 3.12. The first-order chi connectivity index (χ1) is 6.76. The summed E-state index contributed by atoms with van der Waals surface area (Å²) in [6, 6.07) is 7.45. The molecule has 0 aromatic heterocycles. The molecule has 0 atom stereocenters. The lowest BCUT2D eigenvalue weighted by Gasteiger charge is -2.01. The molecule has 0 aliphatic rings. The molecule has 0 heterocycles. The zero-order valence-corrected chi connectivity index (χ0v) is 8.58. The molecule has 3 heteroatoms. The van der Waals surface area contributed by atoms with E-state index in [-0.39, 0.29) is 0 Å². The van der Waals surface area contributed by atoms with Crippen LogP contribution >= 0.6 is 11.6 Å². The molecule has 1 aromatic rings. The fourth-order valence-corrected chi connectivity index (χ4v) is 1.28. The second kappa shape index (κ2) is 5.31. The third-order valence-corrected chi connectivity index (χ3v) is 1.87. The number of ether oxygens (including phenoxy) is 1. The van der Waals surface area contributed by atoms with Gasteiger partial charge in [-0.2, -0.15) is 5.26 Å². The first-order valence-electron chi connectivity index (χ1n) is 4.14. The summed E-state index contributed by atoms with van der Waals surface area (Å²) in [6.45, 7) is 0. The van der Waals surface area contributed by atoms with E-state index in [4.69, 9.17) is 21.6 Å². The largest absolute Gasteiger partial charge is 0.497 e. The Morgan fingerprint density at radius 3 is 2.93 bits per heavy atom. The number of rotatable bonds is 3. The minimum atomic E-state index is 0.398.